The van der Waals surface area contributed by atoms with Crippen molar-refractivity contribution in [3.05, 3.63) is 65.7 Å². The second-order valence-corrected chi connectivity index (χ2v) is 6.34. The highest BCUT2D eigenvalue weighted by molar-refractivity contribution is 7.98. The monoisotopic (exact) mass is 374 g/mol. The predicted molar refractivity (Wildman–Crippen MR) is 96.5 cm³/mol. The molecule has 134 valence electrons. The fraction of sp³-hybridized carbons (Fsp3) is 0.158. The van der Waals surface area contributed by atoms with E-state index >= 15 is 0 Å². The van der Waals surface area contributed by atoms with Crippen molar-refractivity contribution in [3.63, 3.8) is 0 Å². The van der Waals surface area contributed by atoms with Crippen molar-refractivity contribution in [1.82, 2.24) is 10.2 Å². The van der Waals surface area contributed by atoms with Crippen LogP contribution >= 0.6 is 11.8 Å². The maximum Gasteiger partial charge on any atom is 0.128 e. The van der Waals surface area contributed by atoms with Gasteiger partial charge in [0.2, 0.25) is 0 Å². The van der Waals surface area contributed by atoms with Crippen molar-refractivity contribution >= 4 is 11.8 Å². The second kappa shape index (κ2) is 8.14. The van der Waals surface area contributed by atoms with E-state index in [0.717, 1.165) is 17.7 Å². The van der Waals surface area contributed by atoms with Gasteiger partial charge in [-0.05, 0) is 48.5 Å². The normalized spacial score (nSPS) is 10.6. The van der Waals surface area contributed by atoms with E-state index in [1.54, 1.807) is 38.5 Å². The van der Waals surface area contributed by atoms with Gasteiger partial charge in [-0.15, -0.1) is 10.2 Å². The number of nitrogens with zero attached hydrogens (tertiary/aromatic N) is 2. The van der Waals surface area contributed by atoms with Gasteiger partial charge < -0.3 is 9.47 Å². The van der Waals surface area contributed by atoms with Crippen molar-refractivity contribution in [2.45, 2.75) is 10.8 Å². The molecule has 0 aliphatic rings. The number of hydrogen-bond donors (Lipinski definition) is 0. The Morgan fingerprint density at radius 3 is 2.46 bits per heavy atom. The van der Waals surface area contributed by atoms with Crippen molar-refractivity contribution in [3.8, 4) is 22.8 Å². The third-order valence-electron chi connectivity index (χ3n) is 3.71. The number of rotatable bonds is 6. The average Bonchev–Trinajstić information content (AvgIpc) is 2.68. The highest BCUT2D eigenvalue weighted by atomic mass is 32.2. The first-order chi connectivity index (χ1) is 12.6. The summed E-state index contributed by atoms with van der Waals surface area (Å²) < 4.78 is 37.5. The van der Waals surface area contributed by atoms with Crippen molar-refractivity contribution in [2.75, 3.05) is 14.2 Å². The number of benzene rings is 2. The molecule has 0 aliphatic carbocycles. The summed E-state index contributed by atoms with van der Waals surface area (Å²) in [6.45, 7) is 0. The molecular formula is C19H16F2N2O2S. The zero-order valence-electron chi connectivity index (χ0n) is 14.2. The van der Waals surface area contributed by atoms with Gasteiger partial charge in [0.1, 0.15) is 28.2 Å². The largest absolute Gasteiger partial charge is 0.497 e. The van der Waals surface area contributed by atoms with Gasteiger partial charge in [-0.2, -0.15) is 0 Å². The van der Waals surface area contributed by atoms with Gasteiger partial charge in [-0.3, -0.25) is 0 Å². The Bertz CT molecular complexity index is 905. The van der Waals surface area contributed by atoms with E-state index in [1.165, 1.54) is 17.8 Å². The highest BCUT2D eigenvalue weighted by Crippen LogP contribution is 2.32. The molecule has 7 heteroatoms. The molecule has 0 aliphatic heterocycles. The Morgan fingerprint density at radius 2 is 1.77 bits per heavy atom. The summed E-state index contributed by atoms with van der Waals surface area (Å²) in [6, 6.07) is 12.4. The van der Waals surface area contributed by atoms with E-state index < -0.39 is 11.6 Å². The van der Waals surface area contributed by atoms with Gasteiger partial charge in [0.15, 0.2) is 0 Å². The smallest absolute Gasteiger partial charge is 0.128 e. The minimum atomic E-state index is -0.464. The summed E-state index contributed by atoms with van der Waals surface area (Å²) in [5, 5.41) is 8.97. The minimum Gasteiger partial charge on any atom is -0.497 e. The molecule has 0 saturated heterocycles. The van der Waals surface area contributed by atoms with Crippen LogP contribution in [0.4, 0.5) is 8.78 Å². The molecular weight excluding hydrogens is 358 g/mol. The minimum absolute atomic E-state index is 0.264. The fourth-order valence-corrected chi connectivity index (χ4v) is 3.15. The number of thioether (sulfide) groups is 1. The molecule has 0 unspecified atom stereocenters. The van der Waals surface area contributed by atoms with Gasteiger partial charge in [0.05, 0.1) is 19.9 Å². The summed E-state index contributed by atoms with van der Waals surface area (Å²) in [5.41, 5.74) is 1.67. The van der Waals surface area contributed by atoms with Gasteiger partial charge in [0.25, 0.3) is 0 Å². The number of hydrogen-bond acceptors (Lipinski definition) is 5. The summed E-state index contributed by atoms with van der Waals surface area (Å²) in [7, 11) is 3.17. The first-order valence-electron chi connectivity index (χ1n) is 7.73. The SMILES string of the molecule is COc1ccc(OC)c(-c2ccc(SCc3cc(F)ccc3F)nn2)c1. The van der Waals surface area contributed by atoms with Crippen LogP contribution in [0.2, 0.25) is 0 Å². The van der Waals surface area contributed by atoms with E-state index in [0.29, 0.717) is 22.2 Å². The van der Waals surface area contributed by atoms with E-state index in [-0.39, 0.29) is 11.3 Å². The summed E-state index contributed by atoms with van der Waals surface area (Å²) in [5.74, 6) is 0.697. The molecule has 0 radical (unpaired) electrons. The average molecular weight is 374 g/mol. The third kappa shape index (κ3) is 4.11. The first-order valence-corrected chi connectivity index (χ1v) is 8.72. The van der Waals surface area contributed by atoms with Crippen LogP contribution in [-0.4, -0.2) is 24.4 Å². The molecule has 26 heavy (non-hydrogen) atoms. The fourth-order valence-electron chi connectivity index (χ4n) is 2.36. The molecule has 0 spiro atoms. The molecule has 0 fully saturated rings. The maximum atomic E-state index is 13.7. The Hall–Kier alpha value is -2.67. The Kier molecular flexibility index (Phi) is 5.68. The van der Waals surface area contributed by atoms with Crippen molar-refractivity contribution in [2.24, 2.45) is 0 Å². The third-order valence-corrected chi connectivity index (χ3v) is 4.67. The van der Waals surface area contributed by atoms with Gasteiger partial charge in [-0.1, -0.05) is 11.8 Å². The molecule has 2 aromatic carbocycles. The Morgan fingerprint density at radius 1 is 0.923 bits per heavy atom. The van der Waals surface area contributed by atoms with Crippen LogP contribution in [0.3, 0.4) is 0 Å². The summed E-state index contributed by atoms with van der Waals surface area (Å²) >= 11 is 1.28. The maximum absolute atomic E-state index is 13.7. The summed E-state index contributed by atoms with van der Waals surface area (Å²) in [4.78, 5) is 0. The lowest BCUT2D eigenvalue weighted by Crippen LogP contribution is -1.95. The number of ether oxygens (including phenoxy) is 2. The highest BCUT2D eigenvalue weighted by Gasteiger charge is 2.11. The van der Waals surface area contributed by atoms with Crippen LogP contribution in [0.25, 0.3) is 11.3 Å². The number of halogens is 2. The molecule has 0 saturated carbocycles. The summed E-state index contributed by atoms with van der Waals surface area (Å²) in [6.07, 6.45) is 0. The van der Waals surface area contributed by atoms with Crippen LogP contribution in [0, 0.1) is 11.6 Å². The van der Waals surface area contributed by atoms with E-state index in [9.17, 15) is 8.78 Å². The van der Waals surface area contributed by atoms with Crippen molar-refractivity contribution < 1.29 is 18.3 Å². The second-order valence-electron chi connectivity index (χ2n) is 5.35. The van der Waals surface area contributed by atoms with E-state index in [2.05, 4.69) is 10.2 Å². The zero-order valence-corrected chi connectivity index (χ0v) is 15.0. The first kappa shape index (κ1) is 18.1. The lowest BCUT2D eigenvalue weighted by atomic mass is 10.1. The molecule has 4 nitrogen and oxygen atoms in total. The van der Waals surface area contributed by atoms with Crippen LogP contribution in [-0.2, 0) is 5.75 Å². The van der Waals surface area contributed by atoms with Crippen molar-refractivity contribution in [1.29, 1.82) is 0 Å². The Balaban J connectivity index is 1.77. The van der Waals surface area contributed by atoms with Crippen LogP contribution in [0.5, 0.6) is 11.5 Å². The molecule has 0 N–H and O–H groups in total. The topological polar surface area (TPSA) is 44.2 Å². The standard InChI is InChI=1S/C19H16F2N2O2S/c1-24-14-4-7-18(25-2)15(10-14)17-6-8-19(23-22-17)26-11-12-9-13(20)3-5-16(12)21/h3-10H,11H2,1-2H3. The molecule has 3 rings (SSSR count). The molecule has 0 bridgehead atoms. The zero-order chi connectivity index (χ0) is 18.5. The number of methoxy groups -OCH3 is 2. The number of aromatic nitrogens is 2. The predicted octanol–water partition coefficient (Wildman–Crippen LogP) is 4.73. The molecule has 3 aromatic rings. The lowest BCUT2D eigenvalue weighted by Gasteiger charge is -2.10. The van der Waals surface area contributed by atoms with E-state index in [4.69, 9.17) is 9.47 Å². The van der Waals surface area contributed by atoms with Gasteiger partial charge in [0, 0.05) is 16.9 Å². The van der Waals surface area contributed by atoms with Crippen LogP contribution in [0.15, 0.2) is 53.6 Å². The quantitative estimate of drug-likeness (QED) is 0.584. The van der Waals surface area contributed by atoms with Crippen LogP contribution in [0.1, 0.15) is 5.56 Å². The molecule has 1 aromatic heterocycles. The Labute approximate surface area is 154 Å². The van der Waals surface area contributed by atoms with Gasteiger partial charge >= 0.3 is 0 Å². The molecule has 1 heterocycles. The molecule has 0 amide bonds. The van der Waals surface area contributed by atoms with Crippen LogP contribution < -0.4 is 9.47 Å². The van der Waals surface area contributed by atoms with E-state index in [1.807, 2.05) is 6.07 Å². The van der Waals surface area contributed by atoms with Gasteiger partial charge in [-0.25, -0.2) is 8.78 Å². The lowest BCUT2D eigenvalue weighted by molar-refractivity contribution is 0.404. The molecule has 0 atom stereocenters.